The summed E-state index contributed by atoms with van der Waals surface area (Å²) in [6, 6.07) is 3.19. The van der Waals surface area contributed by atoms with Crippen molar-refractivity contribution in [3.05, 3.63) is 25.1 Å². The first-order valence-electron chi connectivity index (χ1n) is 2.45. The van der Waals surface area contributed by atoms with E-state index in [9.17, 15) is 4.39 Å². The van der Waals surface area contributed by atoms with Gasteiger partial charge in [-0.1, -0.05) is 0 Å². The lowest BCUT2D eigenvalue weighted by Gasteiger charge is -1.98. The molecule has 0 saturated heterocycles. The van der Waals surface area contributed by atoms with Crippen molar-refractivity contribution in [2.75, 3.05) is 0 Å². The van der Waals surface area contributed by atoms with Crippen molar-refractivity contribution in [2.45, 2.75) is 4.90 Å². The molecule has 0 unspecified atom stereocenters. The minimum absolute atomic E-state index is 0.256. The molecule has 0 nitrogen and oxygen atoms in total. The number of halogens is 3. The fourth-order valence-corrected chi connectivity index (χ4v) is 1.85. The molecule has 0 aliphatic heterocycles. The third-order valence-corrected chi connectivity index (χ3v) is 4.15. The molecule has 0 fully saturated rings. The number of rotatable bonds is 0. The molecule has 0 amide bonds. The minimum atomic E-state index is -0.256. The highest BCUT2D eigenvalue weighted by atomic mass is 127. The van der Waals surface area contributed by atoms with Crippen molar-refractivity contribution < 1.29 is 4.39 Å². The first kappa shape index (κ1) is 9.05. The van der Waals surface area contributed by atoms with Crippen molar-refractivity contribution in [3.8, 4) is 0 Å². The summed E-state index contributed by atoms with van der Waals surface area (Å²) in [5.41, 5.74) is 0. The number of hydrogen-bond donors (Lipinski definition) is 1. The zero-order valence-corrected chi connectivity index (χ0v) is 9.95. The molecule has 54 valence electrons. The fourth-order valence-electron chi connectivity index (χ4n) is 0.512. The Morgan fingerprint density at radius 1 is 1.20 bits per heavy atom. The van der Waals surface area contributed by atoms with Crippen LogP contribution in [0.4, 0.5) is 4.39 Å². The Hall–Kier alpha value is 0.960. The minimum Gasteiger partial charge on any atom is -0.206 e. The third kappa shape index (κ3) is 1.97. The summed E-state index contributed by atoms with van der Waals surface area (Å²) in [7, 11) is 0. The molecule has 0 aromatic heterocycles. The zero-order chi connectivity index (χ0) is 7.72. The van der Waals surface area contributed by atoms with E-state index in [4.69, 9.17) is 0 Å². The van der Waals surface area contributed by atoms with Gasteiger partial charge >= 0.3 is 0 Å². The van der Waals surface area contributed by atoms with E-state index in [1.165, 1.54) is 6.07 Å². The second-order valence-electron chi connectivity index (χ2n) is 1.72. The van der Waals surface area contributed by atoms with E-state index in [1.807, 2.05) is 0 Å². The normalized spacial score (nSPS) is 10.0. The average Bonchev–Trinajstić information content (AvgIpc) is 1.84. The predicted octanol–water partition coefficient (Wildman–Crippen LogP) is 3.32. The molecule has 4 heteroatoms. The Labute approximate surface area is 91.3 Å². The van der Waals surface area contributed by atoms with Gasteiger partial charge in [0.05, 0.1) is 0 Å². The number of hydrogen-bond acceptors (Lipinski definition) is 1. The zero-order valence-electron chi connectivity index (χ0n) is 4.74. The number of thiol groups is 1. The van der Waals surface area contributed by atoms with Gasteiger partial charge in [-0.15, -0.1) is 12.6 Å². The molecule has 0 heterocycles. The summed E-state index contributed by atoms with van der Waals surface area (Å²) >= 11 is 8.16. The van der Waals surface area contributed by atoms with Crippen molar-refractivity contribution in [2.24, 2.45) is 0 Å². The molecule has 0 aliphatic carbocycles. The van der Waals surface area contributed by atoms with E-state index >= 15 is 0 Å². The molecule has 0 N–H and O–H groups in total. The monoisotopic (exact) mass is 380 g/mol. The van der Waals surface area contributed by atoms with Gasteiger partial charge in [0.2, 0.25) is 0 Å². The highest BCUT2D eigenvalue weighted by Gasteiger charge is 2.01. The third-order valence-electron chi connectivity index (χ3n) is 0.990. The van der Waals surface area contributed by atoms with Crippen LogP contribution >= 0.6 is 57.8 Å². The maximum Gasteiger partial charge on any atom is 0.137 e. The van der Waals surface area contributed by atoms with E-state index in [0.29, 0.717) is 4.90 Å². The molecule has 0 saturated carbocycles. The van der Waals surface area contributed by atoms with Gasteiger partial charge < -0.3 is 0 Å². The van der Waals surface area contributed by atoms with Gasteiger partial charge in [0.15, 0.2) is 0 Å². The van der Waals surface area contributed by atoms with E-state index < -0.39 is 0 Å². The van der Waals surface area contributed by atoms with Crippen molar-refractivity contribution >= 4 is 57.8 Å². The smallest absolute Gasteiger partial charge is 0.137 e. The summed E-state index contributed by atoms with van der Waals surface area (Å²) in [4.78, 5) is 0.407. The van der Waals surface area contributed by atoms with Crippen LogP contribution in [0, 0.1) is 13.0 Å². The summed E-state index contributed by atoms with van der Waals surface area (Å²) in [5, 5.41) is 0. The average molecular weight is 380 g/mol. The first-order valence-corrected chi connectivity index (χ1v) is 5.05. The highest BCUT2D eigenvalue weighted by molar-refractivity contribution is 14.1. The molecule has 1 aromatic carbocycles. The molecule has 0 radical (unpaired) electrons. The molecule has 1 rings (SSSR count). The molecule has 0 bridgehead atoms. The van der Waals surface area contributed by atoms with Gasteiger partial charge in [-0.2, -0.15) is 0 Å². The second-order valence-corrected chi connectivity index (χ2v) is 4.52. The first-order chi connectivity index (χ1) is 4.61. The maximum atomic E-state index is 12.7. The molecule has 1 aromatic rings. The summed E-state index contributed by atoms with van der Waals surface area (Å²) in [6.45, 7) is 0. The number of benzene rings is 1. The van der Waals surface area contributed by atoms with E-state index in [1.54, 1.807) is 6.07 Å². The Bertz CT molecular complexity index is 212. The van der Waals surface area contributed by atoms with Gasteiger partial charge in [0.25, 0.3) is 0 Å². The molecular formula is C6H3FI2S. The molecule has 0 atom stereocenters. The van der Waals surface area contributed by atoms with Crippen LogP contribution in [0.5, 0.6) is 0 Å². The van der Waals surface area contributed by atoms with Crippen LogP contribution in [0.2, 0.25) is 0 Å². The SMILES string of the molecule is Fc1cc(I)c(I)cc1S. The van der Waals surface area contributed by atoms with Gasteiger partial charge in [-0.05, 0) is 57.3 Å². The summed E-state index contributed by atoms with van der Waals surface area (Å²) in [6.07, 6.45) is 0. The Balaban J connectivity index is 3.28. The lowest BCUT2D eigenvalue weighted by atomic mass is 10.3. The summed E-state index contributed by atoms with van der Waals surface area (Å²) in [5.74, 6) is -0.256. The van der Waals surface area contributed by atoms with Crippen molar-refractivity contribution in [1.29, 1.82) is 0 Å². The predicted molar refractivity (Wildman–Crippen MR) is 59.1 cm³/mol. The van der Waals surface area contributed by atoms with Gasteiger partial charge in [-0.25, -0.2) is 4.39 Å². The largest absolute Gasteiger partial charge is 0.206 e. The van der Waals surface area contributed by atoms with Crippen LogP contribution in [0.1, 0.15) is 0 Å². The topological polar surface area (TPSA) is 0 Å². The van der Waals surface area contributed by atoms with Crippen LogP contribution in [-0.4, -0.2) is 0 Å². The molecule has 0 spiro atoms. The van der Waals surface area contributed by atoms with Crippen molar-refractivity contribution in [1.82, 2.24) is 0 Å². The second kappa shape index (κ2) is 3.57. The molecule has 10 heavy (non-hydrogen) atoms. The standard InChI is InChI=1S/C6H3FI2S/c7-3-1-4(8)5(9)2-6(3)10/h1-2,10H. The van der Waals surface area contributed by atoms with E-state index in [0.717, 1.165) is 7.14 Å². The Morgan fingerprint density at radius 3 is 2.20 bits per heavy atom. The molecular weight excluding hydrogens is 377 g/mol. The Kier molecular flexibility index (Phi) is 3.23. The van der Waals surface area contributed by atoms with Crippen LogP contribution < -0.4 is 0 Å². The summed E-state index contributed by atoms with van der Waals surface area (Å²) < 4.78 is 14.6. The van der Waals surface area contributed by atoms with Crippen LogP contribution in [0.25, 0.3) is 0 Å². The quantitative estimate of drug-likeness (QED) is 0.399. The maximum absolute atomic E-state index is 12.7. The van der Waals surface area contributed by atoms with E-state index in [2.05, 4.69) is 57.8 Å². The Morgan fingerprint density at radius 2 is 1.70 bits per heavy atom. The van der Waals surface area contributed by atoms with Crippen LogP contribution in [0.3, 0.4) is 0 Å². The lowest BCUT2D eigenvalue weighted by Crippen LogP contribution is -1.84. The fraction of sp³-hybridized carbons (Fsp3) is 0. The molecule has 0 aliphatic rings. The van der Waals surface area contributed by atoms with Crippen LogP contribution in [-0.2, 0) is 0 Å². The highest BCUT2D eigenvalue weighted by Crippen LogP contribution is 2.21. The van der Waals surface area contributed by atoms with Gasteiger partial charge in [-0.3, -0.25) is 0 Å². The lowest BCUT2D eigenvalue weighted by molar-refractivity contribution is 0.601. The van der Waals surface area contributed by atoms with Gasteiger partial charge in [0.1, 0.15) is 5.82 Å². The van der Waals surface area contributed by atoms with Gasteiger partial charge in [0, 0.05) is 12.0 Å². The van der Waals surface area contributed by atoms with Crippen molar-refractivity contribution in [3.63, 3.8) is 0 Å². The van der Waals surface area contributed by atoms with E-state index in [-0.39, 0.29) is 5.82 Å². The van der Waals surface area contributed by atoms with Crippen LogP contribution in [0.15, 0.2) is 17.0 Å².